The molecule has 0 aromatic heterocycles. The average molecular weight is 225 g/mol. The Labute approximate surface area is 94.0 Å². The smallest absolute Gasteiger partial charge is 0.203 e. The van der Waals surface area contributed by atoms with E-state index in [0.717, 1.165) is 5.69 Å². The summed E-state index contributed by atoms with van der Waals surface area (Å²) < 4.78 is 1.44. The van der Waals surface area contributed by atoms with Gasteiger partial charge in [-0.15, -0.1) is 0 Å². The molecular weight excluding hydrogens is 212 g/mol. The van der Waals surface area contributed by atoms with Crippen molar-refractivity contribution in [3.8, 4) is 0 Å². The average Bonchev–Trinajstić information content (AvgIpc) is 2.37. The van der Waals surface area contributed by atoms with Gasteiger partial charge in [0.05, 0.1) is 5.69 Å². The lowest BCUT2D eigenvalue weighted by atomic mass is 10.3. The van der Waals surface area contributed by atoms with Gasteiger partial charge in [0, 0.05) is 11.8 Å². The van der Waals surface area contributed by atoms with Crippen molar-refractivity contribution >= 4 is 23.3 Å². The predicted molar refractivity (Wildman–Crippen MR) is 62.3 cm³/mol. The molecule has 0 saturated carbocycles. The van der Waals surface area contributed by atoms with Gasteiger partial charge in [-0.3, -0.25) is 5.73 Å². The summed E-state index contributed by atoms with van der Waals surface area (Å²) in [7, 11) is 0. The van der Waals surface area contributed by atoms with Crippen molar-refractivity contribution in [2.24, 2.45) is 10.7 Å². The van der Waals surface area contributed by atoms with Crippen molar-refractivity contribution in [1.82, 2.24) is 4.53 Å². The zero-order chi connectivity index (χ0) is 11.1. The molecule has 1 aromatic carbocycles. The third-order valence-corrected chi connectivity index (χ3v) is 2.66. The molecule has 15 heavy (non-hydrogen) atoms. The first-order valence-corrected chi connectivity index (χ1v) is 5.02. The van der Waals surface area contributed by atoms with Crippen molar-refractivity contribution < 1.29 is 0 Å². The summed E-state index contributed by atoms with van der Waals surface area (Å²) in [6, 6.07) is 9.69. The number of nitrogens with zero attached hydrogens (tertiary/aromatic N) is 3. The minimum absolute atomic E-state index is 0.686. The lowest BCUT2D eigenvalue weighted by molar-refractivity contribution is 0.412. The summed E-state index contributed by atoms with van der Waals surface area (Å²) in [6.07, 6.45) is 0. The molecule has 1 heterocycles. The molecule has 1 aromatic rings. The molecular formula is C10H13ClN4. The second kappa shape index (κ2) is 3.40. The van der Waals surface area contributed by atoms with Crippen LogP contribution in [0.25, 0.3) is 0 Å². The van der Waals surface area contributed by atoms with Crippen LogP contribution >= 0.6 is 11.8 Å². The zero-order valence-corrected chi connectivity index (χ0v) is 9.44. The number of benzene rings is 1. The maximum atomic E-state index is 6.10. The van der Waals surface area contributed by atoms with Crippen LogP contribution in [-0.4, -0.2) is 16.2 Å². The summed E-state index contributed by atoms with van der Waals surface area (Å²) in [6.45, 7) is 3.63. The van der Waals surface area contributed by atoms with Gasteiger partial charge in [-0.25, -0.2) is 10.0 Å². The Morgan fingerprint density at radius 3 is 2.40 bits per heavy atom. The molecule has 1 aliphatic rings. The van der Waals surface area contributed by atoms with Gasteiger partial charge in [-0.1, -0.05) is 18.2 Å². The second-order valence-corrected chi connectivity index (χ2v) is 3.98. The van der Waals surface area contributed by atoms with Gasteiger partial charge < -0.3 is 0 Å². The maximum Gasteiger partial charge on any atom is 0.203 e. The van der Waals surface area contributed by atoms with E-state index in [0.29, 0.717) is 5.84 Å². The Bertz CT molecular complexity index is 388. The fourth-order valence-corrected chi connectivity index (χ4v) is 1.95. The van der Waals surface area contributed by atoms with Gasteiger partial charge in [-0.2, -0.15) is 4.53 Å². The van der Waals surface area contributed by atoms with Gasteiger partial charge in [0.15, 0.2) is 0 Å². The van der Waals surface area contributed by atoms with Gasteiger partial charge in [0.2, 0.25) is 5.79 Å². The van der Waals surface area contributed by atoms with Crippen LogP contribution in [0.1, 0.15) is 13.8 Å². The number of halogens is 1. The molecule has 0 bridgehead atoms. The highest BCUT2D eigenvalue weighted by Crippen LogP contribution is 2.30. The molecule has 0 radical (unpaired) electrons. The number of aliphatic imine (C=N–C) groups is 1. The van der Waals surface area contributed by atoms with Crippen molar-refractivity contribution in [1.29, 1.82) is 0 Å². The van der Waals surface area contributed by atoms with E-state index in [1.165, 1.54) is 4.53 Å². The van der Waals surface area contributed by atoms with Crippen LogP contribution in [-0.2, 0) is 0 Å². The fraction of sp³-hybridized carbons (Fsp3) is 0.300. The Hall–Kier alpha value is -1.26. The molecule has 0 saturated heterocycles. The highest BCUT2D eigenvalue weighted by atomic mass is 35.5. The first-order chi connectivity index (χ1) is 7.02. The predicted octanol–water partition coefficient (Wildman–Crippen LogP) is 1.93. The monoisotopic (exact) mass is 224 g/mol. The van der Waals surface area contributed by atoms with Crippen LogP contribution < -0.4 is 10.7 Å². The molecule has 4 nitrogen and oxygen atoms in total. The number of rotatable bonds is 1. The Morgan fingerprint density at radius 2 is 1.93 bits per heavy atom. The first kappa shape index (κ1) is 10.3. The van der Waals surface area contributed by atoms with E-state index in [2.05, 4.69) is 4.99 Å². The molecule has 2 N–H and O–H groups in total. The highest BCUT2D eigenvalue weighted by molar-refractivity contribution is 6.23. The molecule has 0 aliphatic carbocycles. The Morgan fingerprint density at radius 1 is 1.33 bits per heavy atom. The number of anilines is 1. The molecule has 2 rings (SSSR count). The van der Waals surface area contributed by atoms with Crippen LogP contribution in [0.4, 0.5) is 5.69 Å². The SMILES string of the molecule is CC1=NC(C)(N)N(c2ccccc2)N1Cl. The molecule has 0 fully saturated rings. The molecule has 5 heteroatoms. The summed E-state index contributed by atoms with van der Waals surface area (Å²) in [5.41, 5.74) is 6.96. The third-order valence-electron chi connectivity index (χ3n) is 2.26. The normalized spacial score (nSPS) is 25.7. The number of hydrogen-bond donors (Lipinski definition) is 1. The standard InChI is InChI=1S/C10H13ClN4/c1-8-13-10(2,12)14(15(8)11)9-6-4-3-5-7-9/h3-7H,12H2,1-2H3. The van der Waals surface area contributed by atoms with Crippen molar-refractivity contribution in [2.75, 3.05) is 5.01 Å². The lowest BCUT2D eigenvalue weighted by Crippen LogP contribution is -2.53. The van der Waals surface area contributed by atoms with Gasteiger partial charge >= 0.3 is 0 Å². The van der Waals surface area contributed by atoms with Crippen LogP contribution in [0.3, 0.4) is 0 Å². The number of hydrogen-bond acceptors (Lipinski definition) is 4. The largest absolute Gasteiger partial charge is 0.288 e. The van der Waals surface area contributed by atoms with E-state index in [9.17, 15) is 0 Å². The second-order valence-electron chi connectivity index (χ2n) is 3.66. The fourth-order valence-electron chi connectivity index (χ4n) is 1.67. The third kappa shape index (κ3) is 1.66. The molecule has 0 spiro atoms. The number of nitrogens with two attached hydrogens (primary N) is 1. The highest BCUT2D eigenvalue weighted by Gasteiger charge is 2.38. The van der Waals surface area contributed by atoms with E-state index in [1.54, 1.807) is 5.01 Å². The minimum atomic E-state index is -0.826. The molecule has 1 aliphatic heterocycles. The lowest BCUT2D eigenvalue weighted by Gasteiger charge is -2.33. The zero-order valence-electron chi connectivity index (χ0n) is 8.68. The number of amidine groups is 1. The Kier molecular flexibility index (Phi) is 2.32. The van der Waals surface area contributed by atoms with Crippen LogP contribution in [0.15, 0.2) is 35.3 Å². The topological polar surface area (TPSA) is 44.9 Å². The van der Waals surface area contributed by atoms with E-state index in [4.69, 9.17) is 17.5 Å². The summed E-state index contributed by atoms with van der Waals surface area (Å²) in [5.74, 6) is -0.141. The summed E-state index contributed by atoms with van der Waals surface area (Å²) >= 11 is 6.10. The Balaban J connectivity index is 2.40. The van der Waals surface area contributed by atoms with Crippen molar-refractivity contribution in [2.45, 2.75) is 19.6 Å². The van der Waals surface area contributed by atoms with Crippen LogP contribution in [0, 0.1) is 0 Å². The summed E-state index contributed by atoms with van der Waals surface area (Å²) in [4.78, 5) is 4.27. The van der Waals surface area contributed by atoms with E-state index in [-0.39, 0.29) is 0 Å². The van der Waals surface area contributed by atoms with Crippen molar-refractivity contribution in [3.63, 3.8) is 0 Å². The molecule has 1 atom stereocenters. The number of para-hydroxylation sites is 1. The summed E-state index contributed by atoms with van der Waals surface area (Å²) in [5, 5.41) is 1.74. The molecule has 80 valence electrons. The number of hydrazine groups is 1. The van der Waals surface area contributed by atoms with Gasteiger partial charge in [0.1, 0.15) is 5.84 Å². The maximum absolute atomic E-state index is 6.10. The molecule has 0 amide bonds. The van der Waals surface area contributed by atoms with E-state index < -0.39 is 5.79 Å². The van der Waals surface area contributed by atoms with Crippen LogP contribution in [0.2, 0.25) is 0 Å². The van der Waals surface area contributed by atoms with Gasteiger partial charge in [-0.05, 0) is 26.0 Å². The van der Waals surface area contributed by atoms with E-state index in [1.807, 2.05) is 44.2 Å². The van der Waals surface area contributed by atoms with Crippen LogP contribution in [0.5, 0.6) is 0 Å². The minimum Gasteiger partial charge on any atom is -0.288 e. The van der Waals surface area contributed by atoms with Crippen molar-refractivity contribution in [3.05, 3.63) is 30.3 Å². The van der Waals surface area contributed by atoms with E-state index >= 15 is 0 Å². The quantitative estimate of drug-likeness (QED) is 0.742. The first-order valence-electron chi connectivity index (χ1n) is 4.69. The van der Waals surface area contributed by atoms with Gasteiger partial charge in [0.25, 0.3) is 0 Å². The molecule has 1 unspecified atom stereocenters.